The zero-order valence-corrected chi connectivity index (χ0v) is 10.2. The lowest BCUT2D eigenvalue weighted by atomic mass is 9.80. The SMILES string of the molecule is CC1CCCN(C(N)=NCC2(O)CCC2)C1. The fraction of sp³-hybridized carbons (Fsp3) is 0.917. The molecule has 0 bridgehead atoms. The standard InChI is InChI=1S/C12H23N3O/c1-10-4-2-7-15(8-10)11(13)14-9-12(16)5-3-6-12/h10,16H,2-9H2,1H3,(H2,13,14). The van der Waals surface area contributed by atoms with Crippen molar-refractivity contribution in [3.63, 3.8) is 0 Å². The maximum atomic E-state index is 9.93. The van der Waals surface area contributed by atoms with Crippen LogP contribution in [-0.4, -0.2) is 41.2 Å². The molecule has 1 heterocycles. The fourth-order valence-electron chi connectivity index (χ4n) is 2.47. The van der Waals surface area contributed by atoms with Crippen molar-refractivity contribution in [1.82, 2.24) is 4.90 Å². The van der Waals surface area contributed by atoms with Gasteiger partial charge >= 0.3 is 0 Å². The molecule has 1 unspecified atom stereocenters. The van der Waals surface area contributed by atoms with Crippen LogP contribution in [0.2, 0.25) is 0 Å². The predicted octanol–water partition coefficient (Wildman–Crippen LogP) is 0.948. The first-order valence-electron chi connectivity index (χ1n) is 6.36. The second-order valence-electron chi connectivity index (χ2n) is 5.45. The summed E-state index contributed by atoms with van der Waals surface area (Å²) in [6.07, 6.45) is 5.35. The molecule has 16 heavy (non-hydrogen) atoms. The molecule has 3 N–H and O–H groups in total. The second-order valence-corrected chi connectivity index (χ2v) is 5.45. The van der Waals surface area contributed by atoms with E-state index >= 15 is 0 Å². The normalized spacial score (nSPS) is 30.0. The molecule has 2 fully saturated rings. The summed E-state index contributed by atoms with van der Waals surface area (Å²) < 4.78 is 0. The molecule has 4 heteroatoms. The highest BCUT2D eigenvalue weighted by Crippen LogP contribution is 2.31. The number of aliphatic hydroxyl groups is 1. The first-order valence-corrected chi connectivity index (χ1v) is 6.36. The Morgan fingerprint density at radius 2 is 2.25 bits per heavy atom. The van der Waals surface area contributed by atoms with Crippen molar-refractivity contribution in [2.24, 2.45) is 16.6 Å². The van der Waals surface area contributed by atoms with Gasteiger partial charge in [0.1, 0.15) is 0 Å². The number of hydrogen-bond donors (Lipinski definition) is 2. The maximum absolute atomic E-state index is 9.93. The molecule has 0 amide bonds. The minimum Gasteiger partial charge on any atom is -0.388 e. The third-order valence-electron chi connectivity index (χ3n) is 3.80. The molecule has 0 radical (unpaired) electrons. The number of aliphatic imine (C=N–C) groups is 1. The monoisotopic (exact) mass is 225 g/mol. The molecule has 92 valence electrons. The fourth-order valence-corrected chi connectivity index (χ4v) is 2.47. The van der Waals surface area contributed by atoms with Gasteiger partial charge in [-0.3, -0.25) is 4.99 Å². The van der Waals surface area contributed by atoms with Crippen LogP contribution < -0.4 is 5.73 Å². The van der Waals surface area contributed by atoms with E-state index in [1.165, 1.54) is 12.8 Å². The lowest BCUT2D eigenvalue weighted by molar-refractivity contribution is -0.0237. The van der Waals surface area contributed by atoms with Crippen LogP contribution in [0.5, 0.6) is 0 Å². The predicted molar refractivity (Wildman–Crippen MR) is 65.3 cm³/mol. The van der Waals surface area contributed by atoms with Gasteiger partial charge in [0, 0.05) is 13.1 Å². The molecule has 0 aromatic heterocycles. The second kappa shape index (κ2) is 4.62. The van der Waals surface area contributed by atoms with E-state index in [0.717, 1.165) is 32.4 Å². The molecule has 1 aliphatic heterocycles. The van der Waals surface area contributed by atoms with E-state index in [2.05, 4.69) is 16.8 Å². The number of hydrogen-bond acceptors (Lipinski definition) is 2. The highest BCUT2D eigenvalue weighted by molar-refractivity contribution is 5.78. The number of likely N-dealkylation sites (tertiary alicyclic amines) is 1. The number of piperidine rings is 1. The number of nitrogens with zero attached hydrogens (tertiary/aromatic N) is 2. The minimum absolute atomic E-state index is 0.476. The highest BCUT2D eigenvalue weighted by atomic mass is 16.3. The van der Waals surface area contributed by atoms with Gasteiger partial charge in [-0.25, -0.2) is 0 Å². The van der Waals surface area contributed by atoms with Crippen molar-refractivity contribution >= 4 is 5.96 Å². The van der Waals surface area contributed by atoms with Crippen LogP contribution in [0, 0.1) is 5.92 Å². The van der Waals surface area contributed by atoms with Gasteiger partial charge in [-0.2, -0.15) is 0 Å². The molecule has 1 saturated carbocycles. The van der Waals surface area contributed by atoms with Gasteiger partial charge in [0.15, 0.2) is 5.96 Å². The van der Waals surface area contributed by atoms with Gasteiger partial charge in [0.05, 0.1) is 12.1 Å². The summed E-state index contributed by atoms with van der Waals surface area (Å²) in [6.45, 7) is 4.74. The summed E-state index contributed by atoms with van der Waals surface area (Å²) in [5.74, 6) is 1.32. The highest BCUT2D eigenvalue weighted by Gasteiger charge is 2.34. The van der Waals surface area contributed by atoms with E-state index in [1.54, 1.807) is 0 Å². The lowest BCUT2D eigenvalue weighted by Gasteiger charge is -2.36. The molecular weight excluding hydrogens is 202 g/mol. The van der Waals surface area contributed by atoms with E-state index < -0.39 is 5.60 Å². The average Bonchev–Trinajstić information content (AvgIpc) is 2.23. The summed E-state index contributed by atoms with van der Waals surface area (Å²) in [7, 11) is 0. The van der Waals surface area contributed by atoms with E-state index in [0.29, 0.717) is 18.4 Å². The molecule has 0 aromatic carbocycles. The first-order chi connectivity index (χ1) is 7.59. The number of guanidine groups is 1. The number of nitrogens with two attached hydrogens (primary N) is 1. The van der Waals surface area contributed by atoms with Crippen LogP contribution in [0.25, 0.3) is 0 Å². The average molecular weight is 225 g/mol. The van der Waals surface area contributed by atoms with E-state index in [9.17, 15) is 5.11 Å². The molecule has 0 spiro atoms. The van der Waals surface area contributed by atoms with Crippen LogP contribution in [0.1, 0.15) is 39.0 Å². The summed E-state index contributed by atoms with van der Waals surface area (Å²) in [5, 5.41) is 9.93. The zero-order valence-electron chi connectivity index (χ0n) is 10.2. The van der Waals surface area contributed by atoms with Crippen molar-refractivity contribution < 1.29 is 5.11 Å². The molecular formula is C12H23N3O. The largest absolute Gasteiger partial charge is 0.388 e. The first kappa shape index (κ1) is 11.7. The van der Waals surface area contributed by atoms with Gasteiger partial charge in [-0.05, 0) is 38.0 Å². The Bertz CT molecular complexity index is 273. The van der Waals surface area contributed by atoms with Crippen LogP contribution >= 0.6 is 0 Å². The minimum atomic E-state index is -0.550. The maximum Gasteiger partial charge on any atom is 0.191 e. The van der Waals surface area contributed by atoms with Crippen LogP contribution in [0.3, 0.4) is 0 Å². The number of rotatable bonds is 2. The van der Waals surface area contributed by atoms with E-state index in [4.69, 9.17) is 5.73 Å². The van der Waals surface area contributed by atoms with E-state index in [1.807, 2.05) is 0 Å². The third kappa shape index (κ3) is 2.67. The Kier molecular flexibility index (Phi) is 3.38. The lowest BCUT2D eigenvalue weighted by Crippen LogP contribution is -2.45. The summed E-state index contributed by atoms with van der Waals surface area (Å²) in [6, 6.07) is 0. The van der Waals surface area contributed by atoms with Gasteiger partial charge in [0.2, 0.25) is 0 Å². The Labute approximate surface area is 97.5 Å². The summed E-state index contributed by atoms with van der Waals surface area (Å²) in [4.78, 5) is 6.50. The topological polar surface area (TPSA) is 61.8 Å². The summed E-state index contributed by atoms with van der Waals surface area (Å²) in [5.41, 5.74) is 5.41. The van der Waals surface area contributed by atoms with Crippen molar-refractivity contribution in [1.29, 1.82) is 0 Å². The van der Waals surface area contributed by atoms with E-state index in [-0.39, 0.29) is 0 Å². The Morgan fingerprint density at radius 3 is 2.81 bits per heavy atom. The molecule has 0 aromatic rings. The van der Waals surface area contributed by atoms with Crippen LogP contribution in [-0.2, 0) is 0 Å². The Morgan fingerprint density at radius 1 is 1.50 bits per heavy atom. The summed E-state index contributed by atoms with van der Waals surface area (Å²) >= 11 is 0. The zero-order chi connectivity index (χ0) is 11.6. The van der Waals surface area contributed by atoms with Gasteiger partial charge in [0.25, 0.3) is 0 Å². The quantitative estimate of drug-likeness (QED) is 0.543. The molecule has 2 aliphatic rings. The van der Waals surface area contributed by atoms with Crippen molar-refractivity contribution in [3.8, 4) is 0 Å². The smallest absolute Gasteiger partial charge is 0.191 e. The Hall–Kier alpha value is -0.770. The van der Waals surface area contributed by atoms with Gasteiger partial charge < -0.3 is 15.7 Å². The van der Waals surface area contributed by atoms with Gasteiger partial charge in [-0.1, -0.05) is 6.92 Å². The van der Waals surface area contributed by atoms with Crippen LogP contribution in [0.15, 0.2) is 4.99 Å². The molecule has 4 nitrogen and oxygen atoms in total. The van der Waals surface area contributed by atoms with Crippen molar-refractivity contribution in [2.45, 2.75) is 44.6 Å². The molecule has 1 atom stereocenters. The molecule has 1 aliphatic carbocycles. The Balaban J connectivity index is 1.85. The molecule has 1 saturated heterocycles. The van der Waals surface area contributed by atoms with Crippen molar-refractivity contribution in [3.05, 3.63) is 0 Å². The third-order valence-corrected chi connectivity index (χ3v) is 3.80. The van der Waals surface area contributed by atoms with Gasteiger partial charge in [-0.15, -0.1) is 0 Å². The van der Waals surface area contributed by atoms with Crippen LogP contribution in [0.4, 0.5) is 0 Å². The van der Waals surface area contributed by atoms with Crippen molar-refractivity contribution in [2.75, 3.05) is 19.6 Å². The molecule has 2 rings (SSSR count).